The zero-order valence-corrected chi connectivity index (χ0v) is 8.36. The monoisotopic (exact) mass is 214 g/mol. The van der Waals surface area contributed by atoms with Crippen molar-refractivity contribution in [3.63, 3.8) is 0 Å². The third-order valence-corrected chi connectivity index (χ3v) is 1.65. The third kappa shape index (κ3) is 3.65. The number of aromatic nitrogens is 1. The number of rotatable bonds is 1. The molecule has 0 saturated carbocycles. The summed E-state index contributed by atoms with van der Waals surface area (Å²) in [4.78, 5) is 3.80. The normalized spacial score (nSPS) is 9.15. The van der Waals surface area contributed by atoms with Gasteiger partial charge in [0.1, 0.15) is 10.3 Å². The Morgan fingerprint density at radius 2 is 1.92 bits per heavy atom. The molecule has 0 unspecified atom stereocenters. The molecule has 0 aliphatic rings. The first-order valence-corrected chi connectivity index (χ1v) is 4.50. The average molecular weight is 215 g/mol. The third-order valence-electron chi connectivity index (χ3n) is 1.26. The minimum atomic E-state index is 0.351. The zero-order valence-electron chi connectivity index (χ0n) is 6.85. The predicted octanol–water partition coefficient (Wildman–Crippen LogP) is 2.09. The van der Waals surface area contributed by atoms with Crippen LogP contribution in [0, 0.1) is 11.8 Å². The van der Waals surface area contributed by atoms with Crippen molar-refractivity contribution >= 4 is 23.2 Å². The summed E-state index contributed by atoms with van der Waals surface area (Å²) in [5.41, 5.74) is 6.05. The van der Waals surface area contributed by atoms with Crippen molar-refractivity contribution < 1.29 is 0 Å². The van der Waals surface area contributed by atoms with Gasteiger partial charge in [0.15, 0.2) is 0 Å². The van der Waals surface area contributed by atoms with E-state index in [9.17, 15) is 0 Å². The van der Waals surface area contributed by atoms with E-state index in [1.807, 2.05) is 0 Å². The fraction of sp³-hybridized carbons (Fsp3) is 0.222. The molecule has 4 heteroatoms. The standard InChI is InChI=1S/C9H8Cl2N2/c10-8-5-7(3-1-2-4-12)6-9(11)13-8/h5-6H,2,4,12H2. The Bertz CT molecular complexity index is 332. The Hall–Kier alpha value is -0.750. The SMILES string of the molecule is NCCC#Cc1cc(Cl)nc(Cl)c1. The largest absolute Gasteiger partial charge is 0.330 e. The van der Waals surface area contributed by atoms with Gasteiger partial charge in [0, 0.05) is 18.5 Å². The summed E-state index contributed by atoms with van der Waals surface area (Å²) in [7, 11) is 0. The number of hydrogen-bond donors (Lipinski definition) is 1. The summed E-state index contributed by atoms with van der Waals surface area (Å²) in [5, 5.41) is 0.703. The molecule has 0 aromatic carbocycles. The van der Waals surface area contributed by atoms with E-state index < -0.39 is 0 Å². The van der Waals surface area contributed by atoms with Crippen molar-refractivity contribution in [1.29, 1.82) is 0 Å². The fourth-order valence-electron chi connectivity index (χ4n) is 0.774. The van der Waals surface area contributed by atoms with Gasteiger partial charge in [-0.3, -0.25) is 0 Å². The van der Waals surface area contributed by atoms with Crippen LogP contribution in [0.25, 0.3) is 0 Å². The first kappa shape index (κ1) is 10.3. The molecule has 0 bridgehead atoms. The molecule has 0 amide bonds. The summed E-state index contributed by atoms with van der Waals surface area (Å²) in [6.45, 7) is 0.555. The molecule has 1 aromatic rings. The van der Waals surface area contributed by atoms with E-state index in [0.717, 1.165) is 5.56 Å². The molecule has 0 aliphatic heterocycles. The lowest BCUT2D eigenvalue weighted by atomic mass is 10.2. The van der Waals surface area contributed by atoms with Crippen LogP contribution in [-0.2, 0) is 0 Å². The molecule has 1 rings (SSSR count). The number of nitrogens with zero attached hydrogens (tertiary/aromatic N) is 1. The highest BCUT2D eigenvalue weighted by Gasteiger charge is 1.95. The lowest BCUT2D eigenvalue weighted by Gasteiger charge is -1.93. The first-order chi connectivity index (χ1) is 6.22. The maximum absolute atomic E-state index is 5.67. The van der Waals surface area contributed by atoms with Crippen LogP contribution in [-0.4, -0.2) is 11.5 Å². The minimum absolute atomic E-state index is 0.351. The van der Waals surface area contributed by atoms with Crippen LogP contribution in [0.15, 0.2) is 12.1 Å². The molecule has 0 saturated heterocycles. The van der Waals surface area contributed by atoms with Crippen molar-refractivity contribution in [1.82, 2.24) is 4.98 Å². The highest BCUT2D eigenvalue weighted by atomic mass is 35.5. The van der Waals surface area contributed by atoms with Crippen LogP contribution < -0.4 is 5.73 Å². The van der Waals surface area contributed by atoms with E-state index >= 15 is 0 Å². The van der Waals surface area contributed by atoms with Gasteiger partial charge >= 0.3 is 0 Å². The second kappa shape index (κ2) is 5.08. The molecule has 0 radical (unpaired) electrons. The van der Waals surface area contributed by atoms with E-state index in [2.05, 4.69) is 16.8 Å². The van der Waals surface area contributed by atoms with Crippen LogP contribution in [0.3, 0.4) is 0 Å². The summed E-state index contributed by atoms with van der Waals surface area (Å²) >= 11 is 11.3. The molecule has 0 atom stereocenters. The van der Waals surface area contributed by atoms with E-state index in [-0.39, 0.29) is 0 Å². The number of pyridine rings is 1. The lowest BCUT2D eigenvalue weighted by molar-refractivity contribution is 1.03. The van der Waals surface area contributed by atoms with Gasteiger partial charge in [0.2, 0.25) is 0 Å². The molecule has 13 heavy (non-hydrogen) atoms. The number of nitrogens with two attached hydrogens (primary N) is 1. The topological polar surface area (TPSA) is 38.9 Å². The Labute approximate surface area is 87.1 Å². The molecule has 68 valence electrons. The van der Waals surface area contributed by atoms with Crippen molar-refractivity contribution in [2.24, 2.45) is 5.73 Å². The Morgan fingerprint density at radius 1 is 1.31 bits per heavy atom. The highest BCUT2D eigenvalue weighted by molar-refractivity contribution is 6.32. The predicted molar refractivity (Wildman–Crippen MR) is 54.8 cm³/mol. The number of hydrogen-bond acceptors (Lipinski definition) is 2. The van der Waals surface area contributed by atoms with E-state index in [0.29, 0.717) is 23.3 Å². The van der Waals surface area contributed by atoms with E-state index in [1.165, 1.54) is 0 Å². The lowest BCUT2D eigenvalue weighted by Crippen LogP contribution is -1.95. The molecule has 1 aromatic heterocycles. The summed E-state index contributed by atoms with van der Waals surface area (Å²) in [6.07, 6.45) is 0.664. The van der Waals surface area contributed by atoms with Crippen molar-refractivity contribution in [3.05, 3.63) is 28.0 Å². The molecular weight excluding hydrogens is 207 g/mol. The van der Waals surface area contributed by atoms with E-state index in [4.69, 9.17) is 28.9 Å². The second-order valence-electron chi connectivity index (χ2n) is 2.34. The van der Waals surface area contributed by atoms with Gasteiger partial charge in [-0.25, -0.2) is 4.98 Å². The summed E-state index contributed by atoms with van der Waals surface area (Å²) < 4.78 is 0. The van der Waals surface area contributed by atoms with Gasteiger partial charge in [0.05, 0.1) is 0 Å². The zero-order chi connectivity index (χ0) is 9.68. The Morgan fingerprint density at radius 3 is 2.46 bits per heavy atom. The molecule has 1 heterocycles. The van der Waals surface area contributed by atoms with Gasteiger partial charge in [-0.15, -0.1) is 0 Å². The van der Waals surface area contributed by atoms with Gasteiger partial charge in [-0.1, -0.05) is 35.0 Å². The van der Waals surface area contributed by atoms with Crippen LogP contribution in [0.5, 0.6) is 0 Å². The Balaban J connectivity index is 2.85. The van der Waals surface area contributed by atoms with Crippen LogP contribution in [0.1, 0.15) is 12.0 Å². The summed E-state index contributed by atoms with van der Waals surface area (Å²) in [6, 6.07) is 3.33. The van der Waals surface area contributed by atoms with Crippen LogP contribution in [0.2, 0.25) is 10.3 Å². The molecule has 2 N–H and O–H groups in total. The maximum Gasteiger partial charge on any atom is 0.132 e. The quantitative estimate of drug-likeness (QED) is 0.575. The second-order valence-corrected chi connectivity index (χ2v) is 3.12. The highest BCUT2D eigenvalue weighted by Crippen LogP contribution is 2.13. The van der Waals surface area contributed by atoms with Crippen molar-refractivity contribution in [2.75, 3.05) is 6.54 Å². The minimum Gasteiger partial charge on any atom is -0.330 e. The van der Waals surface area contributed by atoms with E-state index in [1.54, 1.807) is 12.1 Å². The van der Waals surface area contributed by atoms with Gasteiger partial charge in [0.25, 0.3) is 0 Å². The smallest absolute Gasteiger partial charge is 0.132 e. The van der Waals surface area contributed by atoms with Gasteiger partial charge < -0.3 is 5.73 Å². The summed E-state index contributed by atoms with van der Waals surface area (Å²) in [5.74, 6) is 5.77. The molecular formula is C9H8Cl2N2. The first-order valence-electron chi connectivity index (χ1n) is 3.74. The van der Waals surface area contributed by atoms with Crippen molar-refractivity contribution in [3.8, 4) is 11.8 Å². The molecule has 2 nitrogen and oxygen atoms in total. The van der Waals surface area contributed by atoms with Gasteiger partial charge in [-0.2, -0.15) is 0 Å². The molecule has 0 fully saturated rings. The average Bonchev–Trinajstić information content (AvgIpc) is 2.03. The maximum atomic E-state index is 5.67. The van der Waals surface area contributed by atoms with Gasteiger partial charge in [-0.05, 0) is 12.1 Å². The van der Waals surface area contributed by atoms with Crippen molar-refractivity contribution in [2.45, 2.75) is 6.42 Å². The fourth-order valence-corrected chi connectivity index (χ4v) is 1.23. The van der Waals surface area contributed by atoms with Crippen LogP contribution in [0.4, 0.5) is 0 Å². The Kier molecular flexibility index (Phi) is 4.04. The molecule has 0 spiro atoms. The van der Waals surface area contributed by atoms with Crippen LogP contribution >= 0.6 is 23.2 Å². The number of halogens is 2. The molecule has 0 aliphatic carbocycles.